The Labute approximate surface area is 152 Å². The zero-order valence-electron chi connectivity index (χ0n) is 13.3. The van der Waals surface area contributed by atoms with Crippen molar-refractivity contribution >= 4 is 39.6 Å². The van der Waals surface area contributed by atoms with Crippen LogP contribution >= 0.6 is 15.9 Å². The molecule has 2 rings (SSSR count). The highest BCUT2D eigenvalue weighted by molar-refractivity contribution is 9.10. The monoisotopic (exact) mass is 405 g/mol. The van der Waals surface area contributed by atoms with Gasteiger partial charge in [0, 0.05) is 15.7 Å². The number of aromatic hydroxyl groups is 1. The summed E-state index contributed by atoms with van der Waals surface area (Å²) in [7, 11) is 1.43. The van der Waals surface area contributed by atoms with Gasteiger partial charge in [0.15, 0.2) is 11.5 Å². The van der Waals surface area contributed by atoms with Crippen molar-refractivity contribution in [2.75, 3.05) is 12.4 Å². The van der Waals surface area contributed by atoms with Crippen LogP contribution in [-0.4, -0.2) is 30.2 Å². The van der Waals surface area contributed by atoms with Crippen molar-refractivity contribution in [1.29, 1.82) is 0 Å². The maximum atomic E-state index is 11.8. The number of nitrogens with zero attached hydrogens (tertiary/aromatic N) is 1. The van der Waals surface area contributed by atoms with Crippen molar-refractivity contribution in [2.45, 2.75) is 6.42 Å². The third-order valence-electron chi connectivity index (χ3n) is 3.06. The van der Waals surface area contributed by atoms with E-state index in [0.717, 1.165) is 0 Å². The molecule has 0 aliphatic heterocycles. The number of carbonyl (C=O) groups is 2. The summed E-state index contributed by atoms with van der Waals surface area (Å²) in [4.78, 5) is 23.5. The van der Waals surface area contributed by atoms with Crippen molar-refractivity contribution in [3.63, 3.8) is 0 Å². The number of hydrogen-bond donors (Lipinski definition) is 3. The number of nitrogens with one attached hydrogen (secondary N) is 2. The van der Waals surface area contributed by atoms with E-state index >= 15 is 0 Å². The molecule has 2 aromatic rings. The Morgan fingerprint density at radius 3 is 2.64 bits per heavy atom. The fourth-order valence-corrected chi connectivity index (χ4v) is 2.39. The normalized spacial score (nSPS) is 10.5. The molecular formula is C17H16BrN3O4. The maximum Gasteiger partial charge on any atom is 0.249 e. The molecule has 0 saturated heterocycles. The molecule has 8 heteroatoms. The Morgan fingerprint density at radius 1 is 1.24 bits per heavy atom. The average Bonchev–Trinajstić information content (AvgIpc) is 2.58. The van der Waals surface area contributed by atoms with Crippen LogP contribution in [0.2, 0.25) is 0 Å². The second kappa shape index (κ2) is 8.84. The number of ether oxygens (including phenoxy) is 1. The van der Waals surface area contributed by atoms with Crippen LogP contribution in [0.5, 0.6) is 11.5 Å². The Balaban J connectivity index is 1.90. The van der Waals surface area contributed by atoms with E-state index in [-0.39, 0.29) is 17.9 Å². The molecule has 0 unspecified atom stereocenters. The number of rotatable bonds is 6. The van der Waals surface area contributed by atoms with E-state index in [1.54, 1.807) is 36.4 Å². The number of benzene rings is 2. The predicted octanol–water partition coefficient (Wildman–Crippen LogP) is 2.64. The van der Waals surface area contributed by atoms with Gasteiger partial charge in [-0.3, -0.25) is 9.59 Å². The lowest BCUT2D eigenvalue weighted by Gasteiger charge is -2.07. The van der Waals surface area contributed by atoms with Gasteiger partial charge in [0.05, 0.1) is 13.3 Å². The summed E-state index contributed by atoms with van der Waals surface area (Å²) in [5.74, 6) is -0.869. The number of amides is 2. The molecule has 2 amide bonds. The molecule has 0 spiro atoms. The van der Waals surface area contributed by atoms with Crippen LogP contribution in [0, 0.1) is 0 Å². The van der Waals surface area contributed by atoms with Crippen molar-refractivity contribution in [3.05, 3.63) is 52.5 Å². The molecule has 0 atom stereocenters. The molecule has 0 aromatic heterocycles. The number of hydrogen-bond acceptors (Lipinski definition) is 5. The minimum atomic E-state index is -0.578. The molecule has 2 aromatic carbocycles. The number of phenols is 1. The highest BCUT2D eigenvalue weighted by atomic mass is 79.9. The van der Waals surface area contributed by atoms with E-state index in [0.29, 0.717) is 15.7 Å². The molecule has 0 fully saturated rings. The number of methoxy groups -OCH3 is 1. The summed E-state index contributed by atoms with van der Waals surface area (Å²) in [6.07, 6.45) is 0.885. The Kier molecular flexibility index (Phi) is 6.53. The van der Waals surface area contributed by atoms with Gasteiger partial charge in [-0.1, -0.05) is 34.1 Å². The highest BCUT2D eigenvalue weighted by Crippen LogP contribution is 2.32. The van der Waals surface area contributed by atoms with E-state index < -0.39 is 11.8 Å². The number of phenolic OH excluding ortho intramolecular Hbond substituents is 1. The number of hydrazone groups is 1. The molecule has 0 bridgehead atoms. The quantitative estimate of drug-likeness (QED) is 0.390. The second-order valence-corrected chi connectivity index (χ2v) is 5.85. The molecule has 0 saturated carbocycles. The van der Waals surface area contributed by atoms with Crippen LogP contribution in [-0.2, 0) is 9.59 Å². The lowest BCUT2D eigenvalue weighted by Crippen LogP contribution is -2.24. The first-order chi connectivity index (χ1) is 12.0. The van der Waals surface area contributed by atoms with Gasteiger partial charge < -0.3 is 15.2 Å². The van der Waals surface area contributed by atoms with Crippen LogP contribution in [0.1, 0.15) is 12.0 Å². The van der Waals surface area contributed by atoms with Gasteiger partial charge >= 0.3 is 0 Å². The topological polar surface area (TPSA) is 100 Å². The van der Waals surface area contributed by atoms with Crippen molar-refractivity contribution < 1.29 is 19.4 Å². The summed E-state index contributed by atoms with van der Waals surface area (Å²) in [5, 5.41) is 16.3. The average molecular weight is 406 g/mol. The first-order valence-electron chi connectivity index (χ1n) is 7.23. The zero-order chi connectivity index (χ0) is 18.2. The number of anilines is 1. The molecule has 0 heterocycles. The van der Waals surface area contributed by atoms with Gasteiger partial charge in [-0.05, 0) is 24.3 Å². The van der Waals surface area contributed by atoms with Gasteiger partial charge in [-0.2, -0.15) is 5.10 Å². The summed E-state index contributed by atoms with van der Waals surface area (Å²) in [5.41, 5.74) is 3.19. The first kappa shape index (κ1) is 18.5. The summed E-state index contributed by atoms with van der Waals surface area (Å²) >= 11 is 3.28. The predicted molar refractivity (Wildman–Crippen MR) is 97.8 cm³/mol. The number of halogens is 1. The van der Waals surface area contributed by atoms with Crippen molar-refractivity contribution in [2.24, 2.45) is 5.10 Å². The van der Waals surface area contributed by atoms with Crippen LogP contribution < -0.4 is 15.5 Å². The smallest absolute Gasteiger partial charge is 0.249 e. The van der Waals surface area contributed by atoms with Crippen LogP contribution in [0.3, 0.4) is 0 Å². The van der Waals surface area contributed by atoms with Gasteiger partial charge in [-0.15, -0.1) is 0 Å². The molecule has 130 valence electrons. The molecule has 7 nitrogen and oxygen atoms in total. The minimum Gasteiger partial charge on any atom is -0.504 e. The summed E-state index contributed by atoms with van der Waals surface area (Å²) in [6, 6.07) is 12.0. The molecule has 0 aliphatic carbocycles. The van der Waals surface area contributed by atoms with Gasteiger partial charge in [0.25, 0.3) is 0 Å². The van der Waals surface area contributed by atoms with E-state index in [2.05, 4.69) is 31.8 Å². The molecule has 25 heavy (non-hydrogen) atoms. The maximum absolute atomic E-state index is 11.8. The number of carbonyl (C=O) groups excluding carboxylic acids is 2. The molecule has 3 N–H and O–H groups in total. The third-order valence-corrected chi connectivity index (χ3v) is 3.52. The minimum absolute atomic E-state index is 0.106. The largest absolute Gasteiger partial charge is 0.504 e. The summed E-state index contributed by atoms with van der Waals surface area (Å²) in [6.45, 7) is 0. The zero-order valence-corrected chi connectivity index (χ0v) is 14.9. The SMILES string of the molecule is COc1cc(Br)cc(/C=N/NC(=O)CC(=O)Nc2ccccc2)c1O. The summed E-state index contributed by atoms with van der Waals surface area (Å²) < 4.78 is 5.70. The fraction of sp³-hybridized carbons (Fsp3) is 0.118. The third kappa shape index (κ3) is 5.61. The standard InChI is InChI=1S/C17H16BrN3O4/c1-25-14-8-12(18)7-11(17(14)24)10-19-21-16(23)9-15(22)20-13-5-3-2-4-6-13/h2-8,10,24H,9H2,1H3,(H,20,22)(H,21,23)/b19-10+. The van der Waals surface area contributed by atoms with Crippen molar-refractivity contribution in [3.8, 4) is 11.5 Å². The van der Waals surface area contributed by atoms with Crippen LogP contribution in [0.4, 0.5) is 5.69 Å². The van der Waals surface area contributed by atoms with E-state index in [9.17, 15) is 14.7 Å². The van der Waals surface area contributed by atoms with E-state index in [4.69, 9.17) is 4.74 Å². The Hall–Kier alpha value is -2.87. The van der Waals surface area contributed by atoms with Gasteiger partial charge in [-0.25, -0.2) is 5.43 Å². The van der Waals surface area contributed by atoms with E-state index in [1.807, 2.05) is 6.07 Å². The lowest BCUT2D eigenvalue weighted by molar-refractivity contribution is -0.126. The highest BCUT2D eigenvalue weighted by Gasteiger charge is 2.10. The molecular weight excluding hydrogens is 390 g/mol. The van der Waals surface area contributed by atoms with E-state index in [1.165, 1.54) is 13.3 Å². The van der Waals surface area contributed by atoms with Crippen LogP contribution in [0.25, 0.3) is 0 Å². The lowest BCUT2D eigenvalue weighted by atomic mass is 10.2. The fourth-order valence-electron chi connectivity index (χ4n) is 1.93. The second-order valence-electron chi connectivity index (χ2n) is 4.93. The Bertz CT molecular complexity index is 794. The van der Waals surface area contributed by atoms with Gasteiger partial charge in [0.1, 0.15) is 6.42 Å². The van der Waals surface area contributed by atoms with Crippen LogP contribution in [0.15, 0.2) is 52.0 Å². The molecule has 0 radical (unpaired) electrons. The van der Waals surface area contributed by atoms with Gasteiger partial charge in [0.2, 0.25) is 11.8 Å². The Morgan fingerprint density at radius 2 is 1.96 bits per heavy atom. The molecule has 0 aliphatic rings. The van der Waals surface area contributed by atoms with Crippen molar-refractivity contribution in [1.82, 2.24) is 5.43 Å². The first-order valence-corrected chi connectivity index (χ1v) is 8.02. The number of para-hydroxylation sites is 1.